The third-order valence-corrected chi connectivity index (χ3v) is 4.28. The number of methoxy groups -OCH3 is 1. The van der Waals surface area contributed by atoms with E-state index in [9.17, 15) is 0 Å². The van der Waals surface area contributed by atoms with Crippen molar-refractivity contribution in [3.63, 3.8) is 0 Å². The smallest absolute Gasteiger partial charge is 0.0476 e. The predicted octanol–water partition coefficient (Wildman–Crippen LogP) is 3.56. The Balaban J connectivity index is 1.70. The minimum atomic E-state index is 0.494. The number of ether oxygens (including phenoxy) is 1. The van der Waals surface area contributed by atoms with Crippen LogP contribution in [0.4, 0.5) is 0 Å². The third kappa shape index (κ3) is 2.74. The van der Waals surface area contributed by atoms with Crippen LogP contribution in [0.2, 0.25) is 0 Å². The number of benzene rings is 1. The fourth-order valence-electron chi connectivity index (χ4n) is 3.27. The highest BCUT2D eigenvalue weighted by atomic mass is 16.5. The molecule has 2 aromatic rings. The fraction of sp³-hybridized carbons (Fsp3) is 0.529. The molecule has 0 aliphatic heterocycles. The van der Waals surface area contributed by atoms with Gasteiger partial charge in [0.15, 0.2) is 0 Å². The number of fused-ring (bicyclic) bond motifs is 3. The summed E-state index contributed by atoms with van der Waals surface area (Å²) in [5.74, 6) is 0. The van der Waals surface area contributed by atoms with E-state index in [0.29, 0.717) is 6.04 Å². The molecule has 0 fully saturated rings. The third-order valence-electron chi connectivity index (χ3n) is 4.28. The molecule has 0 spiro atoms. The van der Waals surface area contributed by atoms with Crippen LogP contribution in [0, 0.1) is 0 Å². The highest BCUT2D eigenvalue weighted by Crippen LogP contribution is 2.34. The summed E-state index contributed by atoms with van der Waals surface area (Å²) in [5, 5.41) is 5.12. The van der Waals surface area contributed by atoms with Gasteiger partial charge in [0, 0.05) is 36.4 Å². The van der Waals surface area contributed by atoms with E-state index in [2.05, 4.69) is 34.6 Å². The molecule has 1 aromatic carbocycles. The van der Waals surface area contributed by atoms with Crippen LogP contribution in [0.1, 0.15) is 43.0 Å². The number of H-pyrrole nitrogens is 1. The maximum atomic E-state index is 5.10. The van der Waals surface area contributed by atoms with Gasteiger partial charge in [-0.1, -0.05) is 18.2 Å². The standard InChI is InChI=1S/C17H24N2O/c1-20-12-5-4-11-18-16-10-6-8-14-13-7-2-3-9-15(13)19-17(14)16/h2-3,7,9,16,18-19H,4-6,8,10-12H2,1H3. The van der Waals surface area contributed by atoms with Crippen molar-refractivity contribution in [1.29, 1.82) is 0 Å². The fourth-order valence-corrected chi connectivity index (χ4v) is 3.27. The van der Waals surface area contributed by atoms with Crippen LogP contribution in [0.25, 0.3) is 10.9 Å². The van der Waals surface area contributed by atoms with Crippen molar-refractivity contribution < 1.29 is 4.74 Å². The lowest BCUT2D eigenvalue weighted by atomic mass is 9.91. The molecule has 1 aliphatic carbocycles. The Morgan fingerprint density at radius 3 is 3.10 bits per heavy atom. The molecule has 2 N–H and O–H groups in total. The Morgan fingerprint density at radius 2 is 2.20 bits per heavy atom. The molecule has 0 saturated carbocycles. The van der Waals surface area contributed by atoms with Crippen LogP contribution in [0.5, 0.6) is 0 Å². The van der Waals surface area contributed by atoms with Crippen LogP contribution in [-0.4, -0.2) is 25.2 Å². The van der Waals surface area contributed by atoms with Crippen LogP contribution >= 0.6 is 0 Å². The second kappa shape index (κ2) is 6.42. The average Bonchev–Trinajstić information content (AvgIpc) is 2.87. The second-order valence-electron chi connectivity index (χ2n) is 5.66. The van der Waals surface area contributed by atoms with Crippen LogP contribution < -0.4 is 5.32 Å². The Hall–Kier alpha value is -1.32. The molecule has 0 radical (unpaired) electrons. The number of hydrogen-bond acceptors (Lipinski definition) is 2. The van der Waals surface area contributed by atoms with E-state index in [1.165, 1.54) is 47.8 Å². The van der Waals surface area contributed by atoms with Gasteiger partial charge in [-0.05, 0) is 50.3 Å². The van der Waals surface area contributed by atoms with E-state index < -0.39 is 0 Å². The van der Waals surface area contributed by atoms with E-state index in [1.54, 1.807) is 7.11 Å². The van der Waals surface area contributed by atoms with Gasteiger partial charge in [0.05, 0.1) is 0 Å². The molecule has 1 atom stereocenters. The molecule has 1 aromatic heterocycles. The first kappa shape index (κ1) is 13.7. The topological polar surface area (TPSA) is 37.0 Å². The van der Waals surface area contributed by atoms with Crippen LogP contribution in [-0.2, 0) is 11.2 Å². The number of nitrogens with one attached hydrogen (secondary N) is 2. The van der Waals surface area contributed by atoms with Crippen molar-refractivity contribution >= 4 is 10.9 Å². The number of aryl methyl sites for hydroxylation is 1. The minimum Gasteiger partial charge on any atom is -0.385 e. The zero-order valence-corrected chi connectivity index (χ0v) is 12.2. The summed E-state index contributed by atoms with van der Waals surface area (Å²) in [6.45, 7) is 1.94. The molecule has 0 amide bonds. The molecule has 20 heavy (non-hydrogen) atoms. The molecular weight excluding hydrogens is 248 g/mol. The SMILES string of the molecule is COCCCCNC1CCCc2c1[nH]c1ccccc21. The average molecular weight is 272 g/mol. The summed E-state index contributed by atoms with van der Waals surface area (Å²) in [6, 6.07) is 9.17. The highest BCUT2D eigenvalue weighted by Gasteiger charge is 2.23. The summed E-state index contributed by atoms with van der Waals surface area (Å²) in [6.07, 6.45) is 6.05. The van der Waals surface area contributed by atoms with Crippen molar-refractivity contribution in [1.82, 2.24) is 10.3 Å². The number of rotatable bonds is 6. The number of unbranched alkanes of at least 4 members (excludes halogenated alkanes) is 1. The molecule has 1 aliphatic rings. The van der Waals surface area contributed by atoms with Crippen molar-refractivity contribution in [2.75, 3.05) is 20.3 Å². The van der Waals surface area contributed by atoms with Crippen LogP contribution in [0.3, 0.4) is 0 Å². The Morgan fingerprint density at radius 1 is 1.30 bits per heavy atom. The van der Waals surface area contributed by atoms with Gasteiger partial charge >= 0.3 is 0 Å². The Labute approximate surface area is 120 Å². The van der Waals surface area contributed by atoms with Crippen molar-refractivity contribution in [2.24, 2.45) is 0 Å². The van der Waals surface area contributed by atoms with Gasteiger partial charge in [-0.2, -0.15) is 0 Å². The van der Waals surface area contributed by atoms with E-state index in [0.717, 1.165) is 19.6 Å². The van der Waals surface area contributed by atoms with Crippen molar-refractivity contribution in [3.8, 4) is 0 Å². The van der Waals surface area contributed by atoms with Crippen molar-refractivity contribution in [3.05, 3.63) is 35.5 Å². The zero-order chi connectivity index (χ0) is 13.8. The number of hydrogen-bond donors (Lipinski definition) is 2. The maximum absolute atomic E-state index is 5.10. The number of aromatic nitrogens is 1. The van der Waals surface area contributed by atoms with E-state index >= 15 is 0 Å². The van der Waals surface area contributed by atoms with Gasteiger partial charge in [0.25, 0.3) is 0 Å². The molecular formula is C17H24N2O. The number of para-hydroxylation sites is 1. The largest absolute Gasteiger partial charge is 0.385 e. The summed E-state index contributed by atoms with van der Waals surface area (Å²) >= 11 is 0. The number of aromatic amines is 1. The summed E-state index contributed by atoms with van der Waals surface area (Å²) in [7, 11) is 1.77. The van der Waals surface area contributed by atoms with Crippen LogP contribution in [0.15, 0.2) is 24.3 Å². The minimum absolute atomic E-state index is 0.494. The first-order chi connectivity index (χ1) is 9.90. The predicted molar refractivity (Wildman–Crippen MR) is 83.1 cm³/mol. The molecule has 0 bridgehead atoms. The van der Waals surface area contributed by atoms with Gasteiger partial charge in [-0.25, -0.2) is 0 Å². The lowest BCUT2D eigenvalue weighted by Gasteiger charge is -2.24. The maximum Gasteiger partial charge on any atom is 0.0476 e. The second-order valence-corrected chi connectivity index (χ2v) is 5.66. The highest BCUT2D eigenvalue weighted by molar-refractivity contribution is 5.85. The van der Waals surface area contributed by atoms with Gasteiger partial charge in [-0.3, -0.25) is 0 Å². The lowest BCUT2D eigenvalue weighted by molar-refractivity contribution is 0.192. The molecule has 1 heterocycles. The van der Waals surface area contributed by atoms with Gasteiger partial charge in [0.1, 0.15) is 0 Å². The Kier molecular flexibility index (Phi) is 4.38. The monoisotopic (exact) mass is 272 g/mol. The van der Waals surface area contributed by atoms with Gasteiger partial charge in [0.2, 0.25) is 0 Å². The lowest BCUT2D eigenvalue weighted by Crippen LogP contribution is -2.26. The van der Waals surface area contributed by atoms with E-state index in [4.69, 9.17) is 4.74 Å². The molecule has 0 saturated heterocycles. The molecule has 3 rings (SSSR count). The first-order valence-corrected chi connectivity index (χ1v) is 7.72. The van der Waals surface area contributed by atoms with E-state index in [-0.39, 0.29) is 0 Å². The van der Waals surface area contributed by atoms with E-state index in [1.807, 2.05) is 0 Å². The molecule has 3 heteroatoms. The van der Waals surface area contributed by atoms with Crippen molar-refractivity contribution in [2.45, 2.75) is 38.1 Å². The quantitative estimate of drug-likeness (QED) is 0.789. The summed E-state index contributed by atoms with van der Waals surface area (Å²) in [4.78, 5) is 3.63. The molecule has 3 nitrogen and oxygen atoms in total. The first-order valence-electron chi connectivity index (χ1n) is 7.72. The zero-order valence-electron chi connectivity index (χ0n) is 12.2. The van der Waals surface area contributed by atoms with Gasteiger partial charge < -0.3 is 15.0 Å². The molecule has 108 valence electrons. The normalized spacial score (nSPS) is 18.4. The Bertz CT molecular complexity index is 561. The van der Waals surface area contributed by atoms with Gasteiger partial charge in [-0.15, -0.1) is 0 Å². The molecule has 1 unspecified atom stereocenters. The summed E-state index contributed by atoms with van der Waals surface area (Å²) in [5.41, 5.74) is 4.23. The summed E-state index contributed by atoms with van der Waals surface area (Å²) < 4.78 is 5.10.